The fourth-order valence-corrected chi connectivity index (χ4v) is 2.18. The van der Waals surface area contributed by atoms with Gasteiger partial charge in [-0.2, -0.15) is 4.68 Å². The first-order valence-electron chi connectivity index (χ1n) is 7.72. The van der Waals surface area contributed by atoms with Crippen LogP contribution in [0.1, 0.15) is 12.5 Å². The predicted octanol–water partition coefficient (Wildman–Crippen LogP) is 1.92. The van der Waals surface area contributed by atoms with Crippen LogP contribution in [0.2, 0.25) is 0 Å². The maximum absolute atomic E-state index is 9.23. The van der Waals surface area contributed by atoms with Gasteiger partial charge in [-0.1, -0.05) is 35.4 Å². The average molecular weight is 325 g/mol. The van der Waals surface area contributed by atoms with Crippen LogP contribution in [0.4, 0.5) is 0 Å². The molecule has 0 aliphatic rings. The Hall–Kier alpha value is -2.77. The Kier molecular flexibility index (Phi) is 5.15. The number of nitrogens with one attached hydrogen (secondary N) is 1. The smallest absolute Gasteiger partial charge is 0.345 e. The van der Waals surface area contributed by atoms with Gasteiger partial charge in [0.2, 0.25) is 0 Å². The van der Waals surface area contributed by atoms with Crippen molar-refractivity contribution in [1.82, 2.24) is 25.5 Å². The molecule has 3 aromatic rings. The maximum Gasteiger partial charge on any atom is 0.345 e. The highest BCUT2D eigenvalue weighted by atomic mass is 16.5. The fourth-order valence-electron chi connectivity index (χ4n) is 2.18. The molecule has 3 rings (SSSR count). The van der Waals surface area contributed by atoms with E-state index in [9.17, 15) is 5.11 Å². The number of para-hydroxylation sites is 1. The minimum absolute atomic E-state index is 0.307. The molecule has 1 heterocycles. The summed E-state index contributed by atoms with van der Waals surface area (Å²) in [5.41, 5.74) is 1.93. The van der Waals surface area contributed by atoms with E-state index in [2.05, 4.69) is 20.8 Å². The number of aliphatic hydroxyl groups excluding tert-OH is 1. The van der Waals surface area contributed by atoms with Gasteiger partial charge in [0.25, 0.3) is 0 Å². The molecule has 1 aromatic heterocycles. The van der Waals surface area contributed by atoms with Crippen LogP contribution in [0.3, 0.4) is 0 Å². The number of aromatic nitrogens is 4. The minimum Gasteiger partial charge on any atom is -0.423 e. The van der Waals surface area contributed by atoms with E-state index in [1.165, 1.54) is 4.68 Å². The molecule has 0 bridgehead atoms. The number of nitrogens with zero attached hydrogens (tertiary/aromatic N) is 4. The van der Waals surface area contributed by atoms with Crippen molar-refractivity contribution in [3.8, 4) is 17.4 Å². The molecule has 1 atom stereocenters. The van der Waals surface area contributed by atoms with Crippen molar-refractivity contribution in [2.45, 2.75) is 19.6 Å². The Balaban J connectivity index is 1.66. The molecule has 0 fully saturated rings. The Morgan fingerprint density at radius 2 is 1.88 bits per heavy atom. The van der Waals surface area contributed by atoms with Gasteiger partial charge in [0, 0.05) is 13.1 Å². The lowest BCUT2D eigenvalue weighted by atomic mass is 10.2. The van der Waals surface area contributed by atoms with Gasteiger partial charge in [-0.05, 0) is 47.2 Å². The van der Waals surface area contributed by atoms with Crippen LogP contribution in [0.5, 0.6) is 11.8 Å². The highest BCUT2D eigenvalue weighted by Crippen LogP contribution is 2.21. The quantitative estimate of drug-likeness (QED) is 0.690. The molecule has 124 valence electrons. The summed E-state index contributed by atoms with van der Waals surface area (Å²) in [6.45, 7) is 3.00. The molecule has 0 saturated carbocycles. The Morgan fingerprint density at radius 1 is 1.12 bits per heavy atom. The molecule has 0 aliphatic heterocycles. The molecule has 24 heavy (non-hydrogen) atoms. The van der Waals surface area contributed by atoms with E-state index in [0.29, 0.717) is 24.8 Å². The zero-order valence-electron chi connectivity index (χ0n) is 13.3. The van der Waals surface area contributed by atoms with Gasteiger partial charge in [-0.25, -0.2) is 0 Å². The van der Waals surface area contributed by atoms with Crippen LogP contribution in [-0.2, 0) is 6.54 Å². The van der Waals surface area contributed by atoms with Gasteiger partial charge in [-0.15, -0.1) is 0 Å². The van der Waals surface area contributed by atoms with E-state index in [1.54, 1.807) is 6.92 Å². The molecule has 2 N–H and O–H groups in total. The number of ether oxygens (including phenoxy) is 1. The standard InChI is InChI=1S/C17H19N5O2/c1-13(23)11-18-12-14-7-9-16(10-8-14)24-17-19-20-21-22(17)15-5-3-2-4-6-15/h2-10,13,18,23H,11-12H2,1H3. The van der Waals surface area contributed by atoms with Crippen molar-refractivity contribution in [3.05, 3.63) is 60.2 Å². The molecular weight excluding hydrogens is 306 g/mol. The zero-order chi connectivity index (χ0) is 16.8. The highest BCUT2D eigenvalue weighted by molar-refractivity contribution is 5.34. The Labute approximate surface area is 139 Å². The van der Waals surface area contributed by atoms with Crippen molar-refractivity contribution >= 4 is 0 Å². The lowest BCUT2D eigenvalue weighted by Gasteiger charge is -2.08. The summed E-state index contributed by atoms with van der Waals surface area (Å²) < 4.78 is 7.31. The summed E-state index contributed by atoms with van der Waals surface area (Å²) >= 11 is 0. The molecule has 7 heteroatoms. The molecule has 7 nitrogen and oxygen atoms in total. The van der Waals surface area contributed by atoms with Crippen LogP contribution in [0, 0.1) is 0 Å². The van der Waals surface area contributed by atoms with Gasteiger partial charge >= 0.3 is 6.01 Å². The van der Waals surface area contributed by atoms with Crippen molar-refractivity contribution in [1.29, 1.82) is 0 Å². The van der Waals surface area contributed by atoms with Crippen LogP contribution in [-0.4, -0.2) is 38.0 Å². The molecule has 0 saturated heterocycles. The molecule has 0 spiro atoms. The number of rotatable bonds is 7. The zero-order valence-corrected chi connectivity index (χ0v) is 13.3. The summed E-state index contributed by atoms with van der Waals surface area (Å²) in [4.78, 5) is 0. The van der Waals surface area contributed by atoms with E-state index < -0.39 is 0 Å². The predicted molar refractivity (Wildman–Crippen MR) is 89.1 cm³/mol. The highest BCUT2D eigenvalue weighted by Gasteiger charge is 2.10. The number of aliphatic hydroxyl groups is 1. The van der Waals surface area contributed by atoms with E-state index in [-0.39, 0.29) is 6.10 Å². The first-order chi connectivity index (χ1) is 11.7. The summed E-state index contributed by atoms with van der Waals surface area (Å²) in [7, 11) is 0. The van der Waals surface area contributed by atoms with Gasteiger partial charge in [-0.3, -0.25) is 0 Å². The van der Waals surface area contributed by atoms with Gasteiger partial charge in [0.05, 0.1) is 11.8 Å². The Bertz CT molecular complexity index is 756. The molecular formula is C17H19N5O2. The van der Waals surface area contributed by atoms with Gasteiger partial charge in [0.15, 0.2) is 0 Å². The number of hydrogen-bond acceptors (Lipinski definition) is 6. The Morgan fingerprint density at radius 3 is 2.58 bits per heavy atom. The molecule has 0 aliphatic carbocycles. The third-order valence-electron chi connectivity index (χ3n) is 3.34. The fraction of sp³-hybridized carbons (Fsp3) is 0.235. The lowest BCUT2D eigenvalue weighted by molar-refractivity contribution is 0.191. The molecule has 0 amide bonds. The first kappa shape index (κ1) is 16.1. The van der Waals surface area contributed by atoms with Crippen molar-refractivity contribution < 1.29 is 9.84 Å². The number of benzene rings is 2. The van der Waals surface area contributed by atoms with Crippen molar-refractivity contribution in [2.24, 2.45) is 0 Å². The van der Waals surface area contributed by atoms with Gasteiger partial charge in [0.1, 0.15) is 5.75 Å². The largest absolute Gasteiger partial charge is 0.423 e. The van der Waals surface area contributed by atoms with E-state index >= 15 is 0 Å². The maximum atomic E-state index is 9.23. The van der Waals surface area contributed by atoms with Crippen molar-refractivity contribution in [3.63, 3.8) is 0 Å². The lowest BCUT2D eigenvalue weighted by Crippen LogP contribution is -2.23. The summed E-state index contributed by atoms with van der Waals surface area (Å²) in [6, 6.07) is 17.5. The third-order valence-corrected chi connectivity index (χ3v) is 3.34. The second kappa shape index (κ2) is 7.67. The van der Waals surface area contributed by atoms with E-state index in [0.717, 1.165) is 11.3 Å². The second-order valence-corrected chi connectivity index (χ2v) is 5.43. The monoisotopic (exact) mass is 325 g/mol. The molecule has 1 unspecified atom stereocenters. The average Bonchev–Trinajstić information content (AvgIpc) is 3.05. The number of tetrazole rings is 1. The van der Waals surface area contributed by atoms with Gasteiger partial charge < -0.3 is 15.2 Å². The van der Waals surface area contributed by atoms with Crippen LogP contribution in [0.25, 0.3) is 5.69 Å². The minimum atomic E-state index is -0.357. The molecule has 0 radical (unpaired) electrons. The topological polar surface area (TPSA) is 85.1 Å². The normalized spacial score (nSPS) is 12.1. The second-order valence-electron chi connectivity index (χ2n) is 5.43. The first-order valence-corrected chi connectivity index (χ1v) is 7.72. The summed E-state index contributed by atoms with van der Waals surface area (Å²) in [5, 5.41) is 24.0. The molecule has 2 aromatic carbocycles. The summed E-state index contributed by atoms with van der Waals surface area (Å²) in [6.07, 6.45) is -0.357. The SMILES string of the molecule is CC(O)CNCc1ccc(Oc2nnnn2-c2ccccc2)cc1. The van der Waals surface area contributed by atoms with Crippen LogP contribution >= 0.6 is 0 Å². The summed E-state index contributed by atoms with van der Waals surface area (Å²) in [5.74, 6) is 0.654. The van der Waals surface area contributed by atoms with Crippen LogP contribution < -0.4 is 10.1 Å². The van der Waals surface area contributed by atoms with Crippen molar-refractivity contribution in [2.75, 3.05) is 6.54 Å². The number of hydrogen-bond donors (Lipinski definition) is 2. The van der Waals surface area contributed by atoms with E-state index in [1.807, 2.05) is 54.6 Å². The van der Waals surface area contributed by atoms with E-state index in [4.69, 9.17) is 4.74 Å². The van der Waals surface area contributed by atoms with Crippen LogP contribution in [0.15, 0.2) is 54.6 Å². The third kappa shape index (κ3) is 4.15.